The summed E-state index contributed by atoms with van der Waals surface area (Å²) in [4.78, 5) is 0. The van der Waals surface area contributed by atoms with Gasteiger partial charge in [-0.25, -0.2) is 0 Å². The second kappa shape index (κ2) is 5.53. The van der Waals surface area contributed by atoms with Gasteiger partial charge in [-0.05, 0) is 49.6 Å². The summed E-state index contributed by atoms with van der Waals surface area (Å²) in [5, 5.41) is 4.36. The molecule has 1 unspecified atom stereocenters. The van der Waals surface area contributed by atoms with Crippen LogP contribution in [0.5, 0.6) is 0 Å². The molecule has 1 nitrogen and oxygen atoms in total. The Morgan fingerprint density at radius 2 is 1.87 bits per heavy atom. The van der Waals surface area contributed by atoms with Crippen molar-refractivity contribution in [1.29, 1.82) is 0 Å². The van der Waals surface area contributed by atoms with Crippen molar-refractivity contribution >= 4 is 11.6 Å². The van der Waals surface area contributed by atoms with Gasteiger partial charge in [0.1, 0.15) is 0 Å². The molecule has 15 heavy (non-hydrogen) atoms. The third-order valence-corrected chi connectivity index (χ3v) is 3.19. The van der Waals surface area contributed by atoms with E-state index < -0.39 is 0 Å². The van der Waals surface area contributed by atoms with Crippen molar-refractivity contribution in [3.8, 4) is 0 Å². The molecule has 2 heteroatoms. The lowest BCUT2D eigenvalue weighted by Crippen LogP contribution is -2.21. The Morgan fingerprint density at radius 3 is 2.40 bits per heavy atom. The SMILES string of the molecule is CCNC(CC)c1cc(C)c(Cl)cc1C. The van der Waals surface area contributed by atoms with Crippen molar-refractivity contribution < 1.29 is 0 Å². The van der Waals surface area contributed by atoms with Crippen molar-refractivity contribution in [3.05, 3.63) is 33.8 Å². The van der Waals surface area contributed by atoms with Gasteiger partial charge < -0.3 is 5.32 Å². The molecule has 0 amide bonds. The molecule has 0 saturated carbocycles. The van der Waals surface area contributed by atoms with Gasteiger partial charge in [0, 0.05) is 11.1 Å². The minimum Gasteiger partial charge on any atom is -0.310 e. The van der Waals surface area contributed by atoms with E-state index in [4.69, 9.17) is 11.6 Å². The van der Waals surface area contributed by atoms with Crippen molar-refractivity contribution in [3.63, 3.8) is 0 Å². The topological polar surface area (TPSA) is 12.0 Å². The molecule has 1 aromatic carbocycles. The molecule has 84 valence electrons. The third-order valence-electron chi connectivity index (χ3n) is 2.78. The van der Waals surface area contributed by atoms with Crippen LogP contribution in [0.25, 0.3) is 0 Å². The molecule has 0 heterocycles. The monoisotopic (exact) mass is 225 g/mol. The van der Waals surface area contributed by atoms with Gasteiger partial charge in [-0.2, -0.15) is 0 Å². The van der Waals surface area contributed by atoms with Crippen LogP contribution in [0.15, 0.2) is 12.1 Å². The largest absolute Gasteiger partial charge is 0.310 e. The van der Waals surface area contributed by atoms with E-state index in [-0.39, 0.29) is 0 Å². The Balaban J connectivity index is 3.06. The zero-order valence-corrected chi connectivity index (χ0v) is 10.8. The lowest BCUT2D eigenvalue weighted by atomic mass is 9.97. The average molecular weight is 226 g/mol. The molecule has 0 spiro atoms. The van der Waals surface area contributed by atoms with Crippen LogP contribution in [0.4, 0.5) is 0 Å². The highest BCUT2D eigenvalue weighted by atomic mass is 35.5. The van der Waals surface area contributed by atoms with E-state index in [0.29, 0.717) is 6.04 Å². The minimum absolute atomic E-state index is 0.450. The summed E-state index contributed by atoms with van der Waals surface area (Å²) in [5.41, 5.74) is 3.81. The lowest BCUT2D eigenvalue weighted by Gasteiger charge is -2.19. The Bertz CT molecular complexity index is 334. The van der Waals surface area contributed by atoms with E-state index in [9.17, 15) is 0 Å². The van der Waals surface area contributed by atoms with Crippen molar-refractivity contribution in [2.24, 2.45) is 0 Å². The van der Waals surface area contributed by atoms with Crippen LogP contribution in [-0.2, 0) is 0 Å². The Labute approximate surface area is 97.8 Å². The molecular formula is C13H20ClN. The molecule has 1 rings (SSSR count). The van der Waals surface area contributed by atoms with Gasteiger partial charge >= 0.3 is 0 Å². The van der Waals surface area contributed by atoms with Crippen molar-refractivity contribution in [1.82, 2.24) is 5.32 Å². The summed E-state index contributed by atoms with van der Waals surface area (Å²) in [6.07, 6.45) is 1.11. The molecule has 0 aliphatic heterocycles. The average Bonchev–Trinajstić information content (AvgIpc) is 2.20. The summed E-state index contributed by atoms with van der Waals surface area (Å²) < 4.78 is 0. The number of aryl methyl sites for hydroxylation is 2. The highest BCUT2D eigenvalue weighted by molar-refractivity contribution is 6.31. The zero-order valence-electron chi connectivity index (χ0n) is 10.0. The quantitative estimate of drug-likeness (QED) is 0.816. The first-order valence-electron chi connectivity index (χ1n) is 5.60. The van der Waals surface area contributed by atoms with E-state index >= 15 is 0 Å². The highest BCUT2D eigenvalue weighted by Gasteiger charge is 2.11. The first kappa shape index (κ1) is 12.5. The Kier molecular flexibility index (Phi) is 4.62. The molecule has 0 saturated heterocycles. The summed E-state index contributed by atoms with van der Waals surface area (Å²) >= 11 is 6.09. The van der Waals surface area contributed by atoms with E-state index in [1.807, 2.05) is 0 Å². The molecule has 1 N–H and O–H groups in total. The molecule has 0 aliphatic rings. The molecule has 0 aliphatic carbocycles. The summed E-state index contributed by atoms with van der Waals surface area (Å²) in [5.74, 6) is 0. The van der Waals surface area contributed by atoms with Crippen LogP contribution in [0.1, 0.15) is 43.0 Å². The molecule has 0 aromatic heterocycles. The van der Waals surface area contributed by atoms with E-state index in [2.05, 4.69) is 45.1 Å². The summed E-state index contributed by atoms with van der Waals surface area (Å²) in [7, 11) is 0. The molecule has 0 bridgehead atoms. The maximum absolute atomic E-state index is 6.09. The maximum atomic E-state index is 6.09. The van der Waals surface area contributed by atoms with Gasteiger partial charge in [-0.1, -0.05) is 31.5 Å². The normalized spacial score (nSPS) is 12.9. The van der Waals surface area contributed by atoms with Crippen molar-refractivity contribution in [2.75, 3.05) is 6.54 Å². The molecule has 0 fully saturated rings. The van der Waals surface area contributed by atoms with Crippen LogP contribution in [0.3, 0.4) is 0 Å². The maximum Gasteiger partial charge on any atom is 0.0438 e. The number of hydrogen-bond donors (Lipinski definition) is 1. The summed E-state index contributed by atoms with van der Waals surface area (Å²) in [6, 6.07) is 4.71. The standard InChI is InChI=1S/C13H20ClN/c1-5-13(15-6-2)11-7-10(4)12(14)8-9(11)3/h7-8,13,15H,5-6H2,1-4H3. The number of hydrogen-bond acceptors (Lipinski definition) is 1. The molecule has 1 atom stereocenters. The first-order chi connectivity index (χ1) is 7.10. The second-order valence-corrected chi connectivity index (χ2v) is 4.38. The number of halogens is 1. The van der Waals surface area contributed by atoms with Crippen LogP contribution in [0.2, 0.25) is 5.02 Å². The fraction of sp³-hybridized carbons (Fsp3) is 0.538. The Morgan fingerprint density at radius 1 is 1.20 bits per heavy atom. The predicted molar refractivity (Wildman–Crippen MR) is 67.6 cm³/mol. The second-order valence-electron chi connectivity index (χ2n) is 3.98. The first-order valence-corrected chi connectivity index (χ1v) is 5.98. The fourth-order valence-corrected chi connectivity index (χ4v) is 2.12. The predicted octanol–water partition coefficient (Wildman–Crippen LogP) is 4.02. The van der Waals surface area contributed by atoms with E-state index in [1.165, 1.54) is 11.1 Å². The number of benzene rings is 1. The molecule has 0 radical (unpaired) electrons. The van der Waals surface area contributed by atoms with Gasteiger partial charge in [-0.15, -0.1) is 0 Å². The van der Waals surface area contributed by atoms with Gasteiger partial charge in [0.2, 0.25) is 0 Å². The highest BCUT2D eigenvalue weighted by Crippen LogP contribution is 2.26. The lowest BCUT2D eigenvalue weighted by molar-refractivity contribution is 0.535. The smallest absolute Gasteiger partial charge is 0.0438 e. The van der Waals surface area contributed by atoms with Crippen LogP contribution < -0.4 is 5.32 Å². The summed E-state index contributed by atoms with van der Waals surface area (Å²) in [6.45, 7) is 9.53. The van der Waals surface area contributed by atoms with Crippen molar-refractivity contribution in [2.45, 2.75) is 40.2 Å². The Hall–Kier alpha value is -0.530. The fourth-order valence-electron chi connectivity index (χ4n) is 1.90. The molecular weight excluding hydrogens is 206 g/mol. The number of rotatable bonds is 4. The minimum atomic E-state index is 0.450. The van der Waals surface area contributed by atoms with E-state index in [0.717, 1.165) is 23.6 Å². The van der Waals surface area contributed by atoms with Crippen LogP contribution in [0, 0.1) is 13.8 Å². The van der Waals surface area contributed by atoms with Gasteiger partial charge in [0.25, 0.3) is 0 Å². The van der Waals surface area contributed by atoms with Gasteiger partial charge in [0.05, 0.1) is 0 Å². The zero-order chi connectivity index (χ0) is 11.4. The van der Waals surface area contributed by atoms with Gasteiger partial charge in [0.15, 0.2) is 0 Å². The van der Waals surface area contributed by atoms with Gasteiger partial charge in [-0.3, -0.25) is 0 Å². The third kappa shape index (κ3) is 2.96. The van der Waals surface area contributed by atoms with Crippen LogP contribution >= 0.6 is 11.6 Å². The van der Waals surface area contributed by atoms with Crippen LogP contribution in [-0.4, -0.2) is 6.54 Å². The number of nitrogens with one attached hydrogen (secondary N) is 1. The molecule has 1 aromatic rings. The van der Waals surface area contributed by atoms with E-state index in [1.54, 1.807) is 0 Å².